The molecule has 0 saturated heterocycles. The molecule has 0 aliphatic carbocycles. The SMILES string of the molecule is CN(CCCNC(=O)c1ccccc1NC(=O)c1ccc([N+](=O)[O-])cc1Cl)CC(F)(F)F. The van der Waals surface area contributed by atoms with Crippen LogP contribution in [0.5, 0.6) is 0 Å². The number of rotatable bonds is 9. The van der Waals surface area contributed by atoms with Gasteiger partial charge in [0.1, 0.15) is 0 Å². The van der Waals surface area contributed by atoms with Crippen LogP contribution in [-0.4, -0.2) is 54.5 Å². The number of nitro benzene ring substituents is 1. The number of hydrogen-bond acceptors (Lipinski definition) is 5. The van der Waals surface area contributed by atoms with Crippen LogP contribution < -0.4 is 10.6 Å². The first kappa shape index (κ1) is 25.1. The Morgan fingerprint density at radius 1 is 1.12 bits per heavy atom. The second-order valence-electron chi connectivity index (χ2n) is 6.88. The van der Waals surface area contributed by atoms with Crippen LogP contribution in [0.2, 0.25) is 5.02 Å². The van der Waals surface area contributed by atoms with Gasteiger partial charge in [0.2, 0.25) is 0 Å². The van der Waals surface area contributed by atoms with E-state index in [4.69, 9.17) is 11.6 Å². The Morgan fingerprint density at radius 3 is 2.44 bits per heavy atom. The lowest BCUT2D eigenvalue weighted by atomic mass is 10.1. The van der Waals surface area contributed by atoms with Crippen LogP contribution in [0.4, 0.5) is 24.5 Å². The number of halogens is 4. The molecule has 2 rings (SSSR count). The average Bonchev–Trinajstić information content (AvgIpc) is 2.69. The van der Waals surface area contributed by atoms with Gasteiger partial charge in [-0.05, 0) is 38.2 Å². The maximum absolute atomic E-state index is 12.5. The molecule has 0 aliphatic rings. The highest BCUT2D eigenvalue weighted by atomic mass is 35.5. The standard InChI is InChI=1S/C20H20ClF3N4O4/c1-27(12-20(22,23)24)10-4-9-25-18(29)15-5-2-3-6-17(15)26-19(30)14-8-7-13(28(31)32)11-16(14)21/h2-3,5-8,11H,4,9-10,12H2,1H3,(H,25,29)(H,26,30). The molecular weight excluding hydrogens is 453 g/mol. The van der Waals surface area contributed by atoms with Crippen LogP contribution in [0, 0.1) is 10.1 Å². The molecule has 0 aromatic heterocycles. The number of nitrogens with one attached hydrogen (secondary N) is 2. The van der Waals surface area contributed by atoms with E-state index in [-0.39, 0.29) is 40.6 Å². The summed E-state index contributed by atoms with van der Waals surface area (Å²) in [6.45, 7) is -0.769. The smallest absolute Gasteiger partial charge is 0.352 e. The second-order valence-corrected chi connectivity index (χ2v) is 7.29. The van der Waals surface area contributed by atoms with E-state index in [1.807, 2.05) is 0 Å². The van der Waals surface area contributed by atoms with Crippen LogP contribution in [0.3, 0.4) is 0 Å². The van der Waals surface area contributed by atoms with Crippen LogP contribution in [0.1, 0.15) is 27.1 Å². The van der Waals surface area contributed by atoms with E-state index in [0.29, 0.717) is 6.42 Å². The van der Waals surface area contributed by atoms with E-state index in [2.05, 4.69) is 10.6 Å². The number of para-hydroxylation sites is 1. The fourth-order valence-corrected chi connectivity index (χ4v) is 3.07. The predicted molar refractivity (Wildman–Crippen MR) is 113 cm³/mol. The first-order valence-electron chi connectivity index (χ1n) is 9.36. The van der Waals surface area contributed by atoms with Gasteiger partial charge in [-0.15, -0.1) is 0 Å². The third-order valence-corrected chi connectivity index (χ3v) is 4.59. The molecule has 2 N–H and O–H groups in total. The number of nitro groups is 1. The predicted octanol–water partition coefficient (Wildman–Crippen LogP) is 4.11. The van der Waals surface area contributed by atoms with E-state index in [1.165, 1.54) is 25.2 Å². The summed E-state index contributed by atoms with van der Waals surface area (Å²) in [6, 6.07) is 9.52. The molecule has 0 atom stereocenters. The molecular formula is C20H20ClF3N4O4. The highest BCUT2D eigenvalue weighted by Crippen LogP contribution is 2.24. The summed E-state index contributed by atoms with van der Waals surface area (Å²) in [6.07, 6.45) is -3.99. The minimum Gasteiger partial charge on any atom is -0.352 e. The van der Waals surface area contributed by atoms with Crippen molar-refractivity contribution in [3.05, 3.63) is 68.7 Å². The van der Waals surface area contributed by atoms with Crippen molar-refractivity contribution < 1.29 is 27.7 Å². The number of carbonyl (C=O) groups excluding carboxylic acids is 2. The summed E-state index contributed by atoms with van der Waals surface area (Å²) in [5.41, 5.74) is 0.0357. The maximum atomic E-state index is 12.5. The lowest BCUT2D eigenvalue weighted by Gasteiger charge is -2.18. The molecule has 0 saturated carbocycles. The van der Waals surface area contributed by atoms with Crippen LogP contribution in [-0.2, 0) is 0 Å². The lowest BCUT2D eigenvalue weighted by Crippen LogP contribution is -2.34. The Hall–Kier alpha value is -3.18. The van der Waals surface area contributed by atoms with Gasteiger partial charge < -0.3 is 10.6 Å². The highest BCUT2D eigenvalue weighted by molar-refractivity contribution is 6.34. The number of alkyl halides is 3. The molecule has 12 heteroatoms. The monoisotopic (exact) mass is 472 g/mol. The first-order chi connectivity index (χ1) is 15.0. The topological polar surface area (TPSA) is 105 Å². The quantitative estimate of drug-likeness (QED) is 0.324. The summed E-state index contributed by atoms with van der Waals surface area (Å²) in [5, 5.41) is 15.8. The molecule has 0 spiro atoms. The summed E-state index contributed by atoms with van der Waals surface area (Å²) in [7, 11) is 1.34. The van der Waals surface area contributed by atoms with Gasteiger partial charge in [0.15, 0.2) is 0 Å². The molecule has 2 amide bonds. The fraction of sp³-hybridized carbons (Fsp3) is 0.300. The Morgan fingerprint density at radius 2 is 1.81 bits per heavy atom. The van der Waals surface area contributed by atoms with E-state index in [9.17, 15) is 32.9 Å². The van der Waals surface area contributed by atoms with Gasteiger partial charge in [-0.2, -0.15) is 13.2 Å². The number of amides is 2. The zero-order valence-electron chi connectivity index (χ0n) is 16.9. The van der Waals surface area contributed by atoms with Crippen LogP contribution in [0.25, 0.3) is 0 Å². The van der Waals surface area contributed by atoms with Gasteiger partial charge in [0.05, 0.1) is 33.3 Å². The molecule has 0 fully saturated rings. The summed E-state index contributed by atoms with van der Waals surface area (Å²) >= 11 is 5.97. The number of carbonyl (C=O) groups is 2. The normalized spacial score (nSPS) is 11.3. The molecule has 8 nitrogen and oxygen atoms in total. The zero-order valence-corrected chi connectivity index (χ0v) is 17.7. The van der Waals surface area contributed by atoms with Crippen molar-refractivity contribution in [1.82, 2.24) is 10.2 Å². The minimum absolute atomic E-state index is 0.0137. The van der Waals surface area contributed by atoms with E-state index < -0.39 is 29.5 Å². The van der Waals surface area contributed by atoms with Crippen LogP contribution >= 0.6 is 11.6 Å². The fourth-order valence-electron chi connectivity index (χ4n) is 2.81. The van der Waals surface area contributed by atoms with Gasteiger partial charge in [-0.1, -0.05) is 23.7 Å². The number of hydrogen-bond donors (Lipinski definition) is 2. The van der Waals surface area contributed by atoms with Crippen molar-refractivity contribution in [3.63, 3.8) is 0 Å². The molecule has 2 aromatic rings. The van der Waals surface area contributed by atoms with Crippen molar-refractivity contribution in [2.45, 2.75) is 12.6 Å². The van der Waals surface area contributed by atoms with Crippen molar-refractivity contribution in [2.75, 3.05) is 32.0 Å². The summed E-state index contributed by atoms with van der Waals surface area (Å²) < 4.78 is 37.0. The molecule has 2 aromatic carbocycles. The third kappa shape index (κ3) is 7.50. The Kier molecular flexibility index (Phi) is 8.56. The first-order valence-corrected chi connectivity index (χ1v) is 9.73. The van der Waals surface area contributed by atoms with Crippen molar-refractivity contribution >= 4 is 34.8 Å². The van der Waals surface area contributed by atoms with Gasteiger partial charge in [0.25, 0.3) is 17.5 Å². The van der Waals surface area contributed by atoms with Crippen molar-refractivity contribution in [2.24, 2.45) is 0 Å². The molecule has 172 valence electrons. The molecule has 0 heterocycles. The largest absolute Gasteiger partial charge is 0.401 e. The van der Waals surface area contributed by atoms with Gasteiger partial charge in [0, 0.05) is 18.7 Å². The molecule has 0 radical (unpaired) electrons. The average molecular weight is 473 g/mol. The van der Waals surface area contributed by atoms with E-state index >= 15 is 0 Å². The van der Waals surface area contributed by atoms with Gasteiger partial charge in [-0.25, -0.2) is 0 Å². The number of non-ortho nitro benzene ring substituents is 1. The Bertz CT molecular complexity index is 1000. The molecule has 0 unspecified atom stereocenters. The number of nitrogens with zero attached hydrogens (tertiary/aromatic N) is 2. The zero-order chi connectivity index (χ0) is 23.9. The van der Waals surface area contributed by atoms with Gasteiger partial charge >= 0.3 is 6.18 Å². The van der Waals surface area contributed by atoms with Gasteiger partial charge in [-0.3, -0.25) is 24.6 Å². The number of anilines is 1. The summed E-state index contributed by atoms with van der Waals surface area (Å²) in [5.74, 6) is -1.19. The molecule has 0 bridgehead atoms. The number of benzene rings is 2. The Labute approximate surface area is 186 Å². The molecule has 32 heavy (non-hydrogen) atoms. The minimum atomic E-state index is -4.29. The maximum Gasteiger partial charge on any atom is 0.401 e. The Balaban J connectivity index is 1.99. The van der Waals surface area contributed by atoms with E-state index in [1.54, 1.807) is 12.1 Å². The molecule has 0 aliphatic heterocycles. The van der Waals surface area contributed by atoms with Crippen molar-refractivity contribution in [1.29, 1.82) is 0 Å². The van der Waals surface area contributed by atoms with Crippen LogP contribution in [0.15, 0.2) is 42.5 Å². The highest BCUT2D eigenvalue weighted by Gasteiger charge is 2.28. The lowest BCUT2D eigenvalue weighted by molar-refractivity contribution is -0.384. The van der Waals surface area contributed by atoms with Crippen molar-refractivity contribution in [3.8, 4) is 0 Å². The van der Waals surface area contributed by atoms with E-state index in [0.717, 1.165) is 17.0 Å². The third-order valence-electron chi connectivity index (χ3n) is 4.28. The second kappa shape index (κ2) is 10.9. The summed E-state index contributed by atoms with van der Waals surface area (Å²) in [4.78, 5) is 36.3.